The number of aliphatic hydroxyl groups excluding tert-OH is 1. The van der Waals surface area contributed by atoms with Crippen LogP contribution in [0.5, 0.6) is 0 Å². The maximum absolute atomic E-state index is 15.5. The highest BCUT2D eigenvalue weighted by atomic mass is 35.5. The molecule has 0 fully saturated rings. The number of hydrogen-bond donors (Lipinski definition) is 2. The Morgan fingerprint density at radius 2 is 1.63 bits per heavy atom. The Morgan fingerprint density at radius 3 is 2.28 bits per heavy atom. The van der Waals surface area contributed by atoms with Gasteiger partial charge in [-0.05, 0) is 67.1 Å². The summed E-state index contributed by atoms with van der Waals surface area (Å²) < 4.78 is 56.4. The summed E-state index contributed by atoms with van der Waals surface area (Å²) in [5.41, 5.74) is 1.16. The summed E-state index contributed by atoms with van der Waals surface area (Å²) >= 11 is 6.15. The summed E-state index contributed by atoms with van der Waals surface area (Å²) in [6.45, 7) is 1.54. The topological polar surface area (TPSA) is 105 Å². The van der Waals surface area contributed by atoms with Gasteiger partial charge in [0, 0.05) is 47.8 Å². The monoisotopic (exact) mass is 670 g/mol. The number of sulfone groups is 1. The van der Waals surface area contributed by atoms with Crippen molar-refractivity contribution in [3.63, 3.8) is 0 Å². The second kappa shape index (κ2) is 15.2. The fraction of sp³-hybridized carbons (Fsp3) is 0.314. The molecule has 1 heterocycles. The number of halogens is 3. The van der Waals surface area contributed by atoms with E-state index in [1.54, 1.807) is 30.3 Å². The van der Waals surface area contributed by atoms with Crippen LogP contribution >= 0.6 is 11.6 Å². The van der Waals surface area contributed by atoms with Crippen LogP contribution in [0, 0.1) is 18.6 Å². The van der Waals surface area contributed by atoms with E-state index in [4.69, 9.17) is 16.7 Å². The van der Waals surface area contributed by atoms with Crippen molar-refractivity contribution in [1.29, 1.82) is 0 Å². The van der Waals surface area contributed by atoms with Crippen LogP contribution < -0.4 is 5.32 Å². The summed E-state index contributed by atoms with van der Waals surface area (Å²) in [7, 11) is -2.06. The van der Waals surface area contributed by atoms with Crippen molar-refractivity contribution in [2.24, 2.45) is 7.05 Å². The largest absolute Gasteiger partial charge is 0.396 e. The minimum atomic E-state index is -3.60. The summed E-state index contributed by atoms with van der Waals surface area (Å²) in [6, 6.07) is 14.3. The second-order valence-electron chi connectivity index (χ2n) is 11.5. The molecule has 7 nitrogen and oxygen atoms in total. The lowest BCUT2D eigenvalue weighted by atomic mass is 9.92. The molecule has 1 atom stereocenters. The van der Waals surface area contributed by atoms with Crippen molar-refractivity contribution < 1.29 is 31.9 Å². The molecule has 1 amide bonds. The van der Waals surface area contributed by atoms with Crippen LogP contribution in [-0.2, 0) is 23.3 Å². The minimum absolute atomic E-state index is 0.0306. The number of hydrogen-bond acceptors (Lipinski definition) is 5. The van der Waals surface area contributed by atoms with Crippen molar-refractivity contribution in [2.45, 2.75) is 45.1 Å². The quantitative estimate of drug-likeness (QED) is 0.114. The number of amides is 1. The Bertz CT molecular complexity index is 1840. The molecule has 244 valence electrons. The van der Waals surface area contributed by atoms with Crippen LogP contribution in [-0.4, -0.2) is 48.4 Å². The lowest BCUT2D eigenvalue weighted by Gasteiger charge is -2.19. The van der Waals surface area contributed by atoms with Crippen molar-refractivity contribution in [2.75, 3.05) is 18.6 Å². The first-order valence-corrected chi connectivity index (χ1v) is 17.4. The molecule has 0 spiro atoms. The normalized spacial score (nSPS) is 12.2. The van der Waals surface area contributed by atoms with E-state index in [0.29, 0.717) is 16.1 Å². The van der Waals surface area contributed by atoms with E-state index in [2.05, 4.69) is 5.32 Å². The van der Waals surface area contributed by atoms with Gasteiger partial charge in [-0.1, -0.05) is 60.8 Å². The second-order valence-corrected chi connectivity index (χ2v) is 14.1. The van der Waals surface area contributed by atoms with Crippen LogP contribution in [0.2, 0.25) is 5.02 Å². The van der Waals surface area contributed by atoms with Crippen molar-refractivity contribution in [3.8, 4) is 11.1 Å². The SMILES string of the molecule is Cc1c(F)ccc(F)c1-c1c(C(=O)N[C@@H](CS(C)(=O)=O)c2cccc(Cl)c2)cn(C)c1C(=O)c1ccc(CCCCCCO)cc1. The molecule has 11 heteroatoms. The Morgan fingerprint density at radius 1 is 0.957 bits per heavy atom. The summed E-state index contributed by atoms with van der Waals surface area (Å²) in [4.78, 5) is 28.0. The third-order valence-electron chi connectivity index (χ3n) is 7.85. The maximum Gasteiger partial charge on any atom is 0.253 e. The molecule has 0 aliphatic heterocycles. The molecular formula is C35H37ClF2N2O5S. The van der Waals surface area contributed by atoms with E-state index in [1.807, 2.05) is 12.1 Å². The molecule has 0 saturated heterocycles. The Hall–Kier alpha value is -3.86. The highest BCUT2D eigenvalue weighted by Crippen LogP contribution is 2.36. The van der Waals surface area contributed by atoms with Gasteiger partial charge in [-0.25, -0.2) is 17.2 Å². The molecular weight excluding hydrogens is 634 g/mol. The van der Waals surface area contributed by atoms with Gasteiger partial charge in [0.05, 0.1) is 23.1 Å². The number of aliphatic hydroxyl groups is 1. The number of carbonyl (C=O) groups excluding carboxylic acids is 2. The zero-order valence-electron chi connectivity index (χ0n) is 25.9. The molecule has 4 rings (SSSR count). The standard InChI is InChI=1S/C35H37ClF2N2O5S/c1-22-28(37)16-17-29(38)31(22)32-27(35(43)39-30(21-46(3,44)45)25-10-8-11-26(36)19-25)20-40(2)33(32)34(42)24-14-12-23(13-15-24)9-6-4-5-7-18-41/h8,10-17,19-20,30,41H,4-7,9,18,21H2,1-3H3,(H,39,43)/t30-/m0/s1. The van der Waals surface area contributed by atoms with Gasteiger partial charge < -0.3 is 15.0 Å². The van der Waals surface area contributed by atoms with Crippen molar-refractivity contribution >= 4 is 33.1 Å². The summed E-state index contributed by atoms with van der Waals surface area (Å²) in [6.07, 6.45) is 6.79. The summed E-state index contributed by atoms with van der Waals surface area (Å²) in [5.74, 6) is -3.28. The van der Waals surface area contributed by atoms with Gasteiger partial charge in [0.2, 0.25) is 5.78 Å². The lowest BCUT2D eigenvalue weighted by molar-refractivity contribution is 0.0940. The molecule has 0 aliphatic carbocycles. The number of aryl methyl sites for hydroxylation is 2. The van der Waals surface area contributed by atoms with Gasteiger partial charge in [0.1, 0.15) is 21.5 Å². The van der Waals surface area contributed by atoms with Gasteiger partial charge in [-0.15, -0.1) is 0 Å². The lowest BCUT2D eigenvalue weighted by Crippen LogP contribution is -2.33. The number of nitrogens with one attached hydrogen (secondary N) is 1. The Kier molecular flexibility index (Phi) is 11.5. The van der Waals surface area contributed by atoms with E-state index in [-0.39, 0.29) is 34.6 Å². The fourth-order valence-electron chi connectivity index (χ4n) is 5.52. The van der Waals surface area contributed by atoms with Crippen LogP contribution in [0.15, 0.2) is 66.9 Å². The first-order chi connectivity index (χ1) is 21.8. The number of ketones is 1. The average Bonchev–Trinajstić information content (AvgIpc) is 3.34. The van der Waals surface area contributed by atoms with Gasteiger partial charge in [-0.3, -0.25) is 9.59 Å². The molecule has 2 N–H and O–H groups in total. The first-order valence-electron chi connectivity index (χ1n) is 14.9. The van der Waals surface area contributed by atoms with E-state index in [0.717, 1.165) is 56.1 Å². The van der Waals surface area contributed by atoms with E-state index in [9.17, 15) is 22.4 Å². The van der Waals surface area contributed by atoms with E-state index < -0.39 is 45.0 Å². The number of carbonyl (C=O) groups is 2. The average molecular weight is 671 g/mol. The van der Waals surface area contributed by atoms with Gasteiger partial charge in [-0.2, -0.15) is 0 Å². The Balaban J connectivity index is 1.77. The molecule has 0 bridgehead atoms. The third-order valence-corrected chi connectivity index (χ3v) is 9.03. The van der Waals surface area contributed by atoms with Gasteiger partial charge in [0.15, 0.2) is 0 Å². The molecule has 0 saturated carbocycles. The highest BCUT2D eigenvalue weighted by Gasteiger charge is 2.31. The highest BCUT2D eigenvalue weighted by molar-refractivity contribution is 7.90. The predicted octanol–water partition coefficient (Wildman–Crippen LogP) is 6.77. The molecule has 0 radical (unpaired) electrons. The minimum Gasteiger partial charge on any atom is -0.396 e. The van der Waals surface area contributed by atoms with E-state index >= 15 is 4.39 Å². The third kappa shape index (κ3) is 8.48. The number of aromatic nitrogens is 1. The fourth-order valence-corrected chi connectivity index (χ4v) is 6.60. The first kappa shape index (κ1) is 35.0. The van der Waals surface area contributed by atoms with Crippen LogP contribution in [0.1, 0.15) is 74.8 Å². The smallest absolute Gasteiger partial charge is 0.253 e. The van der Waals surface area contributed by atoms with Crippen LogP contribution in [0.25, 0.3) is 11.1 Å². The van der Waals surface area contributed by atoms with Crippen molar-refractivity contribution in [1.82, 2.24) is 9.88 Å². The van der Waals surface area contributed by atoms with Gasteiger partial charge in [0.25, 0.3) is 5.91 Å². The molecule has 3 aromatic carbocycles. The molecule has 4 aromatic rings. The van der Waals surface area contributed by atoms with Gasteiger partial charge >= 0.3 is 0 Å². The summed E-state index contributed by atoms with van der Waals surface area (Å²) in [5, 5.41) is 12.0. The van der Waals surface area contributed by atoms with Crippen molar-refractivity contribution in [3.05, 3.63) is 117 Å². The Labute approximate surface area is 273 Å². The van der Waals surface area contributed by atoms with Crippen LogP contribution in [0.4, 0.5) is 8.78 Å². The molecule has 0 aliphatic rings. The van der Waals surface area contributed by atoms with E-state index in [1.165, 1.54) is 30.8 Å². The number of unbranched alkanes of at least 4 members (excludes halogenated alkanes) is 3. The molecule has 46 heavy (non-hydrogen) atoms. The maximum atomic E-state index is 15.5. The number of nitrogens with zero attached hydrogens (tertiary/aromatic N) is 1. The molecule has 1 aromatic heterocycles. The molecule has 0 unspecified atom stereocenters. The predicted molar refractivity (Wildman–Crippen MR) is 176 cm³/mol. The zero-order valence-corrected chi connectivity index (χ0v) is 27.5. The number of benzene rings is 3. The number of rotatable bonds is 14. The van der Waals surface area contributed by atoms with Crippen LogP contribution in [0.3, 0.4) is 0 Å². The zero-order chi connectivity index (χ0) is 33.6.